The number of aromatic hydroxyl groups is 1. The maximum Gasteiger partial charge on any atom is 0.407 e. The maximum absolute atomic E-state index is 13.3. The number of phenolic OH excluding ortho intramolecular Hbond substituents is 1. The van der Waals surface area contributed by atoms with Crippen LogP contribution in [0.1, 0.15) is 17.5 Å². The van der Waals surface area contributed by atoms with Gasteiger partial charge in [-0.1, -0.05) is 48.5 Å². The molecule has 34 heavy (non-hydrogen) atoms. The van der Waals surface area contributed by atoms with Crippen molar-refractivity contribution in [2.24, 2.45) is 0 Å². The Labute approximate surface area is 198 Å². The summed E-state index contributed by atoms with van der Waals surface area (Å²) in [5.74, 6) is 1.62. The van der Waals surface area contributed by atoms with E-state index < -0.39 is 6.09 Å². The SMILES string of the molecule is O=C(O)N1CCN(C(=O)CCc2ccccc2Oc2ccccc2)C(Cc2ccc(O)cc2)C1. The molecule has 2 amide bonds. The average molecular weight is 461 g/mol. The second kappa shape index (κ2) is 10.7. The molecule has 1 atom stereocenters. The third-order valence-corrected chi connectivity index (χ3v) is 6.03. The Morgan fingerprint density at radius 1 is 0.912 bits per heavy atom. The minimum absolute atomic E-state index is 0.0108. The predicted molar refractivity (Wildman–Crippen MR) is 128 cm³/mol. The molecule has 7 heteroatoms. The molecular formula is C27H28N2O5. The van der Waals surface area contributed by atoms with Gasteiger partial charge in [-0.15, -0.1) is 0 Å². The first kappa shape index (κ1) is 23.2. The van der Waals surface area contributed by atoms with Crippen LogP contribution in [0, 0.1) is 0 Å². The number of phenols is 1. The van der Waals surface area contributed by atoms with Crippen LogP contribution >= 0.6 is 0 Å². The molecule has 0 bridgehead atoms. The molecule has 3 aromatic carbocycles. The zero-order chi connectivity index (χ0) is 23.9. The van der Waals surface area contributed by atoms with Gasteiger partial charge in [-0.2, -0.15) is 0 Å². The van der Waals surface area contributed by atoms with Crippen molar-refractivity contribution in [1.29, 1.82) is 0 Å². The van der Waals surface area contributed by atoms with Crippen molar-refractivity contribution < 1.29 is 24.5 Å². The molecule has 1 unspecified atom stereocenters. The molecule has 0 aliphatic carbocycles. The summed E-state index contributed by atoms with van der Waals surface area (Å²) in [6.07, 6.45) is 0.361. The number of aryl methyl sites for hydroxylation is 1. The Balaban J connectivity index is 1.44. The van der Waals surface area contributed by atoms with Crippen LogP contribution in [-0.4, -0.2) is 57.7 Å². The Morgan fingerprint density at radius 2 is 1.62 bits per heavy atom. The molecule has 1 saturated heterocycles. The quantitative estimate of drug-likeness (QED) is 0.540. The van der Waals surface area contributed by atoms with Crippen LogP contribution in [0.15, 0.2) is 78.9 Å². The highest BCUT2D eigenvalue weighted by molar-refractivity contribution is 5.77. The van der Waals surface area contributed by atoms with Crippen molar-refractivity contribution in [1.82, 2.24) is 9.80 Å². The highest BCUT2D eigenvalue weighted by Gasteiger charge is 2.32. The van der Waals surface area contributed by atoms with E-state index in [9.17, 15) is 19.8 Å². The first-order chi connectivity index (χ1) is 16.5. The van der Waals surface area contributed by atoms with Gasteiger partial charge in [-0.25, -0.2) is 4.79 Å². The van der Waals surface area contributed by atoms with E-state index in [2.05, 4.69) is 0 Å². The number of para-hydroxylation sites is 2. The number of piperazine rings is 1. The van der Waals surface area contributed by atoms with Gasteiger partial charge < -0.3 is 24.7 Å². The summed E-state index contributed by atoms with van der Waals surface area (Å²) >= 11 is 0. The van der Waals surface area contributed by atoms with Gasteiger partial charge in [0.25, 0.3) is 0 Å². The van der Waals surface area contributed by atoms with Crippen LogP contribution < -0.4 is 4.74 Å². The first-order valence-electron chi connectivity index (χ1n) is 11.4. The summed E-state index contributed by atoms with van der Waals surface area (Å²) in [4.78, 5) is 28.0. The number of hydrogen-bond acceptors (Lipinski definition) is 4. The molecule has 3 aromatic rings. The number of nitrogens with zero attached hydrogens (tertiary/aromatic N) is 2. The lowest BCUT2D eigenvalue weighted by Crippen LogP contribution is -2.57. The number of carboxylic acid groups (broad SMARTS) is 1. The number of carbonyl (C=O) groups is 2. The van der Waals surface area contributed by atoms with Crippen molar-refractivity contribution in [2.75, 3.05) is 19.6 Å². The van der Waals surface area contributed by atoms with Crippen molar-refractivity contribution in [2.45, 2.75) is 25.3 Å². The minimum atomic E-state index is -0.977. The first-order valence-corrected chi connectivity index (χ1v) is 11.4. The Kier molecular flexibility index (Phi) is 7.32. The minimum Gasteiger partial charge on any atom is -0.508 e. The summed E-state index contributed by atoms with van der Waals surface area (Å²) in [6, 6.07) is 23.7. The molecule has 0 radical (unpaired) electrons. The highest BCUT2D eigenvalue weighted by atomic mass is 16.5. The second-order valence-electron chi connectivity index (χ2n) is 8.36. The van der Waals surface area contributed by atoms with Crippen molar-refractivity contribution in [3.05, 3.63) is 90.0 Å². The van der Waals surface area contributed by atoms with Gasteiger partial charge in [-0.05, 0) is 54.3 Å². The van der Waals surface area contributed by atoms with Crippen LogP contribution in [0.25, 0.3) is 0 Å². The molecule has 1 heterocycles. The van der Waals surface area contributed by atoms with E-state index in [0.717, 1.165) is 22.6 Å². The number of ether oxygens (including phenoxy) is 1. The van der Waals surface area contributed by atoms with Crippen molar-refractivity contribution in [3.8, 4) is 17.2 Å². The maximum atomic E-state index is 13.3. The number of benzene rings is 3. The van der Waals surface area contributed by atoms with E-state index in [0.29, 0.717) is 32.4 Å². The summed E-state index contributed by atoms with van der Waals surface area (Å²) < 4.78 is 6.02. The molecule has 0 saturated carbocycles. The van der Waals surface area contributed by atoms with Gasteiger partial charge in [0.1, 0.15) is 17.2 Å². The summed E-state index contributed by atoms with van der Waals surface area (Å²) in [6.45, 7) is 0.909. The van der Waals surface area contributed by atoms with Crippen molar-refractivity contribution in [3.63, 3.8) is 0 Å². The predicted octanol–water partition coefficient (Wildman–Crippen LogP) is 4.55. The number of amides is 2. The van der Waals surface area contributed by atoms with Crippen molar-refractivity contribution >= 4 is 12.0 Å². The lowest BCUT2D eigenvalue weighted by Gasteiger charge is -2.40. The second-order valence-corrected chi connectivity index (χ2v) is 8.36. The van der Waals surface area contributed by atoms with Crippen LogP contribution in [0.3, 0.4) is 0 Å². The Morgan fingerprint density at radius 3 is 2.35 bits per heavy atom. The molecule has 1 aliphatic rings. The zero-order valence-corrected chi connectivity index (χ0v) is 18.8. The number of rotatable bonds is 7. The molecule has 1 fully saturated rings. The summed E-state index contributed by atoms with van der Waals surface area (Å²) in [5, 5.41) is 19.0. The third kappa shape index (κ3) is 5.86. The van der Waals surface area contributed by atoms with Crippen LogP contribution in [0.2, 0.25) is 0 Å². The molecule has 0 aromatic heterocycles. The van der Waals surface area contributed by atoms with E-state index in [1.54, 1.807) is 29.2 Å². The number of hydrogen-bond donors (Lipinski definition) is 2. The third-order valence-electron chi connectivity index (χ3n) is 6.03. The number of carbonyl (C=O) groups excluding carboxylic acids is 1. The van der Waals surface area contributed by atoms with E-state index in [1.807, 2.05) is 54.6 Å². The standard InChI is InChI=1S/C27H28N2O5/c30-23-13-10-20(11-14-23)18-22-19-28(27(32)33)16-17-29(22)26(31)15-12-21-6-4-5-9-25(21)34-24-7-2-1-3-8-24/h1-11,13-14,22,30H,12,15-19H2,(H,32,33). The fraction of sp³-hybridized carbons (Fsp3) is 0.259. The van der Waals surface area contributed by atoms with Gasteiger partial charge in [0, 0.05) is 26.1 Å². The molecular weight excluding hydrogens is 432 g/mol. The topological polar surface area (TPSA) is 90.3 Å². The van der Waals surface area contributed by atoms with Crippen LogP contribution in [-0.2, 0) is 17.6 Å². The van der Waals surface area contributed by atoms with Crippen LogP contribution in [0.5, 0.6) is 17.2 Å². The molecule has 0 spiro atoms. The Hall–Kier alpha value is -4.00. The molecule has 2 N–H and O–H groups in total. The fourth-order valence-corrected chi connectivity index (χ4v) is 4.25. The highest BCUT2D eigenvalue weighted by Crippen LogP contribution is 2.27. The zero-order valence-electron chi connectivity index (χ0n) is 18.8. The summed E-state index contributed by atoms with van der Waals surface area (Å²) in [5.41, 5.74) is 1.88. The van der Waals surface area contributed by atoms with Gasteiger partial charge >= 0.3 is 6.09 Å². The van der Waals surface area contributed by atoms with Gasteiger partial charge in [0.05, 0.1) is 6.04 Å². The van der Waals surface area contributed by atoms with Crippen LogP contribution in [0.4, 0.5) is 4.79 Å². The monoisotopic (exact) mass is 460 g/mol. The fourth-order valence-electron chi connectivity index (χ4n) is 4.25. The normalized spacial score (nSPS) is 15.7. The van der Waals surface area contributed by atoms with E-state index in [4.69, 9.17) is 4.74 Å². The van der Waals surface area contributed by atoms with E-state index in [1.165, 1.54) is 4.90 Å². The lowest BCUT2D eigenvalue weighted by molar-refractivity contribution is -0.135. The average Bonchev–Trinajstić information content (AvgIpc) is 2.85. The molecule has 7 nitrogen and oxygen atoms in total. The molecule has 176 valence electrons. The molecule has 4 rings (SSSR count). The summed E-state index contributed by atoms with van der Waals surface area (Å²) in [7, 11) is 0. The Bertz CT molecular complexity index is 1120. The van der Waals surface area contributed by atoms with E-state index >= 15 is 0 Å². The smallest absolute Gasteiger partial charge is 0.407 e. The van der Waals surface area contributed by atoms with Gasteiger partial charge in [0.2, 0.25) is 5.91 Å². The largest absolute Gasteiger partial charge is 0.508 e. The lowest BCUT2D eigenvalue weighted by atomic mass is 10.0. The molecule has 1 aliphatic heterocycles. The van der Waals surface area contributed by atoms with Gasteiger partial charge in [-0.3, -0.25) is 4.79 Å². The van der Waals surface area contributed by atoms with E-state index in [-0.39, 0.29) is 24.2 Å². The van der Waals surface area contributed by atoms with Gasteiger partial charge in [0.15, 0.2) is 0 Å².